The highest BCUT2D eigenvalue weighted by Gasteiger charge is 2.33. The number of aliphatic hydroxyl groups excluding tert-OH is 2. The predicted molar refractivity (Wildman–Crippen MR) is 219 cm³/mol. The molecule has 8 rings (SSSR count). The number of piperidine rings is 2. The monoisotopic (exact) mass is 797 g/mol. The molecule has 14 nitrogen and oxygen atoms in total. The van der Waals surface area contributed by atoms with Crippen LogP contribution in [0.25, 0.3) is 27.9 Å². The van der Waals surface area contributed by atoms with Gasteiger partial charge in [-0.05, 0) is 70.3 Å². The first-order chi connectivity index (χ1) is 27.6. The lowest BCUT2D eigenvalue weighted by atomic mass is 9.85. The highest BCUT2D eigenvalue weighted by molar-refractivity contribution is 6.33. The minimum absolute atomic E-state index is 0.0188. The van der Waals surface area contributed by atoms with E-state index in [1.165, 1.54) is 18.7 Å². The van der Waals surface area contributed by atoms with Crippen LogP contribution in [0.1, 0.15) is 61.6 Å². The van der Waals surface area contributed by atoms with Gasteiger partial charge in [-0.1, -0.05) is 30.7 Å². The average molecular weight is 798 g/mol. The van der Waals surface area contributed by atoms with Crippen LogP contribution in [0.15, 0.2) is 82.4 Å². The summed E-state index contributed by atoms with van der Waals surface area (Å²) in [4.78, 5) is 22.0. The van der Waals surface area contributed by atoms with Gasteiger partial charge in [0.25, 0.3) is 0 Å². The third-order valence-electron chi connectivity index (χ3n) is 10.9. The van der Waals surface area contributed by atoms with E-state index in [2.05, 4.69) is 22.2 Å². The lowest BCUT2D eigenvalue weighted by Crippen LogP contribution is -2.40. The van der Waals surface area contributed by atoms with Crippen molar-refractivity contribution in [3.05, 3.63) is 110 Å². The number of aryl methyl sites for hydroxylation is 1. The smallest absolute Gasteiger partial charge is 0.197 e. The van der Waals surface area contributed by atoms with Crippen molar-refractivity contribution in [1.29, 1.82) is 0 Å². The zero-order chi connectivity index (χ0) is 40.2. The Morgan fingerprint density at radius 2 is 1.89 bits per heavy atom. The molecule has 0 saturated carbocycles. The molecule has 15 heteroatoms. The van der Waals surface area contributed by atoms with Crippen molar-refractivity contribution in [3.63, 3.8) is 0 Å². The van der Waals surface area contributed by atoms with E-state index in [4.69, 9.17) is 21.0 Å². The van der Waals surface area contributed by atoms with Crippen molar-refractivity contribution in [3.8, 4) is 22.8 Å². The van der Waals surface area contributed by atoms with Crippen molar-refractivity contribution < 1.29 is 29.6 Å². The number of phenolic OH excluding ortho intramolecular Hbond substituents is 2. The zero-order valence-electron chi connectivity index (χ0n) is 32.0. The molecule has 5 N–H and O–H groups in total. The summed E-state index contributed by atoms with van der Waals surface area (Å²) >= 11 is 6.25. The molecule has 2 fully saturated rings. The van der Waals surface area contributed by atoms with Crippen LogP contribution >= 0.6 is 11.6 Å². The van der Waals surface area contributed by atoms with Crippen LogP contribution in [0.2, 0.25) is 5.02 Å². The SMILES string of the molecule is CCc1cnn2c(NCc3ccc[n+]([O-])c3)cc(N3CCCC[C@H]3CCO)nc12.CN1CC[C@H](c2c(O)cc(O)c3c(=O)cc(-c4ccccc4Cl)oc23)[C@H](O)C1. The lowest BCUT2D eigenvalue weighted by Gasteiger charge is -2.36. The van der Waals surface area contributed by atoms with Crippen molar-refractivity contribution >= 4 is 39.9 Å². The van der Waals surface area contributed by atoms with E-state index in [1.807, 2.05) is 34.8 Å². The number of aromatic nitrogens is 4. The molecule has 0 spiro atoms. The van der Waals surface area contributed by atoms with Gasteiger partial charge in [0.15, 0.2) is 23.5 Å². The first-order valence-electron chi connectivity index (χ1n) is 19.4. The number of nitrogens with zero attached hydrogens (tertiary/aromatic N) is 6. The van der Waals surface area contributed by atoms with Crippen LogP contribution in [-0.2, 0) is 13.0 Å². The van der Waals surface area contributed by atoms with Gasteiger partial charge >= 0.3 is 0 Å². The Hall–Kier alpha value is -5.41. The number of phenols is 2. The minimum Gasteiger partial charge on any atom is -0.619 e. The normalized spacial score (nSPS) is 18.8. The molecule has 0 radical (unpaired) electrons. The van der Waals surface area contributed by atoms with E-state index >= 15 is 0 Å². The molecule has 0 unspecified atom stereocenters. The molecular formula is C42H48ClN7O7. The standard InChI is InChI=1S/C21H20ClNO5.C21H28N6O2/c1-23-7-6-12(17(27)10-23)19-14(24)8-15(25)20-16(26)9-18(28-21(19)20)11-4-2-3-5-13(11)22;1-2-17-14-23-27-19(22-13-16-6-5-9-25(29)15-16)12-20(24-21(17)27)26-10-4-3-7-18(26)8-11-28/h2-5,8-9,12,17,24-25,27H,6-7,10H2,1H3;5-6,9,12,14-15,18,22,28H,2-4,7-8,10-11,13H2,1H3/t12-,17+;18-/m00/s1. The largest absolute Gasteiger partial charge is 0.619 e. The van der Waals surface area contributed by atoms with Crippen LogP contribution in [0.3, 0.4) is 0 Å². The molecule has 2 aliphatic heterocycles. The molecule has 4 aromatic heterocycles. The number of anilines is 2. The average Bonchev–Trinajstić information content (AvgIpc) is 3.61. The van der Waals surface area contributed by atoms with Crippen molar-refractivity contribution in [2.75, 3.05) is 43.5 Å². The number of rotatable bonds is 9. The van der Waals surface area contributed by atoms with E-state index in [0.29, 0.717) is 41.7 Å². The number of β-amino-alcohol motifs (C(OH)–C–C–N with tert-alkyl or cyclic N) is 1. The summed E-state index contributed by atoms with van der Waals surface area (Å²) in [6.07, 6.45) is 9.74. The molecule has 0 bridgehead atoms. The van der Waals surface area contributed by atoms with Crippen molar-refractivity contribution in [2.45, 2.75) is 70.1 Å². The van der Waals surface area contributed by atoms with E-state index in [1.54, 1.807) is 36.5 Å². The number of likely N-dealkylation sites (N-methyl/N-ethyl adjacent to an activating group) is 1. The molecule has 57 heavy (non-hydrogen) atoms. The first-order valence-corrected chi connectivity index (χ1v) is 19.7. The van der Waals surface area contributed by atoms with Crippen LogP contribution in [0.4, 0.5) is 11.6 Å². The Balaban J connectivity index is 0.000000174. The number of likely N-dealkylation sites (tertiary alicyclic amines) is 1. The topological polar surface area (TPSA) is 187 Å². The third-order valence-corrected chi connectivity index (χ3v) is 11.2. The number of nitrogens with one attached hydrogen (secondary N) is 1. The predicted octanol–water partition coefficient (Wildman–Crippen LogP) is 5.58. The van der Waals surface area contributed by atoms with Gasteiger partial charge in [0, 0.05) is 84.7 Å². The molecule has 3 atom stereocenters. The molecule has 2 saturated heterocycles. The minimum atomic E-state index is -0.744. The second-order valence-corrected chi connectivity index (χ2v) is 15.2. The number of hydrogen-bond donors (Lipinski definition) is 5. The van der Waals surface area contributed by atoms with Crippen LogP contribution < -0.4 is 20.4 Å². The lowest BCUT2D eigenvalue weighted by molar-refractivity contribution is -0.605. The fraction of sp³-hybridized carbons (Fsp3) is 0.381. The number of aliphatic hydroxyl groups is 2. The Kier molecular flexibility index (Phi) is 12.1. The number of pyridine rings is 1. The summed E-state index contributed by atoms with van der Waals surface area (Å²) in [6, 6.07) is 15.3. The summed E-state index contributed by atoms with van der Waals surface area (Å²) < 4.78 is 8.64. The van der Waals surface area contributed by atoms with Gasteiger partial charge in [0.2, 0.25) is 0 Å². The van der Waals surface area contributed by atoms with E-state index in [9.17, 15) is 30.4 Å². The second-order valence-electron chi connectivity index (χ2n) is 14.8. The molecule has 6 aromatic rings. The number of hydrogen-bond acceptors (Lipinski definition) is 12. The Labute approximate surface area is 334 Å². The van der Waals surface area contributed by atoms with Gasteiger partial charge < -0.3 is 45.2 Å². The highest BCUT2D eigenvalue weighted by Crippen LogP contribution is 2.43. The summed E-state index contributed by atoms with van der Waals surface area (Å²) in [5, 5.41) is 60.8. The maximum atomic E-state index is 12.8. The fourth-order valence-corrected chi connectivity index (χ4v) is 8.20. The molecule has 2 aromatic carbocycles. The molecule has 6 heterocycles. The Morgan fingerprint density at radius 1 is 1.07 bits per heavy atom. The van der Waals surface area contributed by atoms with Gasteiger partial charge in [0.1, 0.15) is 39.9 Å². The fourth-order valence-electron chi connectivity index (χ4n) is 7.97. The summed E-state index contributed by atoms with van der Waals surface area (Å²) in [6.45, 7) is 4.90. The van der Waals surface area contributed by atoms with Gasteiger partial charge in [-0.25, -0.2) is 4.98 Å². The van der Waals surface area contributed by atoms with E-state index in [-0.39, 0.29) is 34.8 Å². The third kappa shape index (κ3) is 8.49. The van der Waals surface area contributed by atoms with Gasteiger partial charge in [0.05, 0.1) is 17.3 Å². The maximum Gasteiger partial charge on any atom is 0.197 e. The maximum absolute atomic E-state index is 12.8. The molecular weight excluding hydrogens is 750 g/mol. The summed E-state index contributed by atoms with van der Waals surface area (Å²) in [5.41, 5.74) is 3.34. The van der Waals surface area contributed by atoms with Crippen molar-refractivity contribution in [1.82, 2.24) is 19.5 Å². The molecule has 2 aliphatic rings. The summed E-state index contributed by atoms with van der Waals surface area (Å²) in [7, 11) is 1.91. The number of benzene rings is 2. The quantitative estimate of drug-likeness (QED) is 0.0905. The highest BCUT2D eigenvalue weighted by atomic mass is 35.5. The molecule has 300 valence electrons. The van der Waals surface area contributed by atoms with Gasteiger partial charge in [-0.3, -0.25) is 4.79 Å². The zero-order valence-corrected chi connectivity index (χ0v) is 32.8. The van der Waals surface area contributed by atoms with E-state index in [0.717, 1.165) is 78.0 Å². The number of halogens is 1. The summed E-state index contributed by atoms with van der Waals surface area (Å²) in [5.74, 6) is 0.997. The second kappa shape index (κ2) is 17.4. The number of aromatic hydroxyl groups is 2. The van der Waals surface area contributed by atoms with Crippen LogP contribution in [0, 0.1) is 5.21 Å². The van der Waals surface area contributed by atoms with Gasteiger partial charge in [-0.15, -0.1) is 0 Å². The van der Waals surface area contributed by atoms with Crippen molar-refractivity contribution in [2.24, 2.45) is 0 Å². The van der Waals surface area contributed by atoms with E-state index < -0.39 is 17.5 Å². The van der Waals surface area contributed by atoms with Gasteiger partial charge in [-0.2, -0.15) is 14.3 Å². The van der Waals surface area contributed by atoms with Crippen LogP contribution in [0.5, 0.6) is 11.5 Å². The molecule has 0 aliphatic carbocycles. The first kappa shape index (κ1) is 39.8. The Bertz CT molecular complexity index is 2420. The number of fused-ring (bicyclic) bond motifs is 2. The molecule has 0 amide bonds. The van der Waals surface area contributed by atoms with Crippen LogP contribution in [-0.4, -0.2) is 85.4 Å². The Morgan fingerprint density at radius 3 is 2.65 bits per heavy atom.